The van der Waals surface area contributed by atoms with E-state index in [1.54, 1.807) is 0 Å². The Balaban J connectivity index is 2.48. The Labute approximate surface area is 95.7 Å². The van der Waals surface area contributed by atoms with Crippen LogP contribution in [0.1, 0.15) is 24.8 Å². The second kappa shape index (κ2) is 5.74. The monoisotopic (exact) mass is 231 g/mol. The van der Waals surface area contributed by atoms with Crippen LogP contribution in [0.5, 0.6) is 0 Å². The average molecular weight is 232 g/mol. The van der Waals surface area contributed by atoms with Crippen molar-refractivity contribution in [1.82, 2.24) is 4.90 Å². The lowest BCUT2D eigenvalue weighted by Gasteiger charge is -2.26. The SMILES string of the molecule is CC(CCl)CN(C)C(C)c1cccs1. The van der Waals surface area contributed by atoms with Gasteiger partial charge in [0.15, 0.2) is 0 Å². The van der Waals surface area contributed by atoms with E-state index in [1.807, 2.05) is 11.3 Å². The maximum Gasteiger partial charge on any atom is 0.0410 e. The van der Waals surface area contributed by atoms with E-state index in [0.717, 1.165) is 12.4 Å². The summed E-state index contributed by atoms with van der Waals surface area (Å²) in [6.45, 7) is 5.49. The van der Waals surface area contributed by atoms with Gasteiger partial charge >= 0.3 is 0 Å². The molecule has 0 radical (unpaired) electrons. The summed E-state index contributed by atoms with van der Waals surface area (Å²) in [5.41, 5.74) is 0. The van der Waals surface area contributed by atoms with E-state index in [2.05, 4.69) is 43.3 Å². The molecule has 2 unspecified atom stereocenters. The van der Waals surface area contributed by atoms with Crippen LogP contribution in [-0.2, 0) is 0 Å². The Kier molecular flexibility index (Phi) is 4.93. The first kappa shape index (κ1) is 12.0. The summed E-state index contributed by atoms with van der Waals surface area (Å²) in [6, 6.07) is 4.80. The van der Waals surface area contributed by atoms with Crippen molar-refractivity contribution in [2.45, 2.75) is 19.9 Å². The molecule has 0 fully saturated rings. The molecule has 0 aliphatic heterocycles. The van der Waals surface area contributed by atoms with Gasteiger partial charge in [-0.1, -0.05) is 13.0 Å². The highest BCUT2D eigenvalue weighted by atomic mass is 35.5. The van der Waals surface area contributed by atoms with E-state index in [-0.39, 0.29) is 0 Å². The number of hydrogen-bond acceptors (Lipinski definition) is 2. The standard InChI is InChI=1S/C11H18ClNS/c1-9(7-12)8-13(3)10(2)11-5-4-6-14-11/h4-6,9-10H,7-8H2,1-3H3. The van der Waals surface area contributed by atoms with Crippen LogP contribution in [0, 0.1) is 5.92 Å². The largest absolute Gasteiger partial charge is 0.299 e. The molecule has 2 atom stereocenters. The number of alkyl halides is 1. The van der Waals surface area contributed by atoms with Crippen LogP contribution < -0.4 is 0 Å². The molecule has 1 heterocycles. The normalized spacial score (nSPS) is 15.8. The van der Waals surface area contributed by atoms with E-state index in [4.69, 9.17) is 11.6 Å². The molecule has 0 bridgehead atoms. The second-order valence-corrected chi connectivity index (χ2v) is 5.18. The van der Waals surface area contributed by atoms with E-state index < -0.39 is 0 Å². The second-order valence-electron chi connectivity index (χ2n) is 3.89. The van der Waals surface area contributed by atoms with Gasteiger partial charge in [0.2, 0.25) is 0 Å². The van der Waals surface area contributed by atoms with E-state index in [9.17, 15) is 0 Å². The van der Waals surface area contributed by atoms with Gasteiger partial charge in [0.25, 0.3) is 0 Å². The molecule has 0 saturated carbocycles. The lowest BCUT2D eigenvalue weighted by Crippen LogP contribution is -2.27. The van der Waals surface area contributed by atoms with Gasteiger partial charge in [-0.2, -0.15) is 0 Å². The zero-order chi connectivity index (χ0) is 10.6. The Morgan fingerprint density at radius 3 is 2.71 bits per heavy atom. The Morgan fingerprint density at radius 1 is 1.50 bits per heavy atom. The zero-order valence-corrected chi connectivity index (χ0v) is 10.6. The molecule has 80 valence electrons. The third-order valence-electron chi connectivity index (χ3n) is 2.48. The molecular weight excluding hydrogens is 214 g/mol. The molecule has 0 aliphatic rings. The minimum absolute atomic E-state index is 0.501. The topological polar surface area (TPSA) is 3.24 Å². The lowest BCUT2D eigenvalue weighted by atomic mass is 10.1. The first-order chi connectivity index (χ1) is 6.65. The number of hydrogen-bond donors (Lipinski definition) is 0. The molecule has 1 aromatic heterocycles. The smallest absolute Gasteiger partial charge is 0.0410 e. The number of rotatable bonds is 5. The molecule has 14 heavy (non-hydrogen) atoms. The molecule has 1 rings (SSSR count). The summed E-state index contributed by atoms with van der Waals surface area (Å²) >= 11 is 7.62. The number of nitrogens with zero attached hydrogens (tertiary/aromatic N) is 1. The van der Waals surface area contributed by atoms with Gasteiger partial charge in [0, 0.05) is 23.3 Å². The highest BCUT2D eigenvalue weighted by Crippen LogP contribution is 2.23. The van der Waals surface area contributed by atoms with Crippen molar-refractivity contribution in [1.29, 1.82) is 0 Å². The van der Waals surface area contributed by atoms with Crippen LogP contribution in [-0.4, -0.2) is 24.4 Å². The molecule has 0 saturated heterocycles. The molecule has 0 N–H and O–H groups in total. The summed E-state index contributed by atoms with van der Waals surface area (Å²) < 4.78 is 0. The van der Waals surface area contributed by atoms with Crippen molar-refractivity contribution in [3.05, 3.63) is 22.4 Å². The minimum atomic E-state index is 0.501. The molecule has 0 spiro atoms. The van der Waals surface area contributed by atoms with Gasteiger partial charge in [0.1, 0.15) is 0 Å². The van der Waals surface area contributed by atoms with Crippen LogP contribution in [0.2, 0.25) is 0 Å². The van der Waals surface area contributed by atoms with E-state index >= 15 is 0 Å². The van der Waals surface area contributed by atoms with Gasteiger partial charge in [-0.3, -0.25) is 4.90 Å². The van der Waals surface area contributed by atoms with Crippen molar-refractivity contribution < 1.29 is 0 Å². The third kappa shape index (κ3) is 3.26. The zero-order valence-electron chi connectivity index (χ0n) is 9.03. The van der Waals surface area contributed by atoms with Crippen molar-refractivity contribution in [2.75, 3.05) is 19.5 Å². The van der Waals surface area contributed by atoms with Gasteiger partial charge in [-0.05, 0) is 31.3 Å². The first-order valence-electron chi connectivity index (χ1n) is 4.94. The van der Waals surface area contributed by atoms with Crippen molar-refractivity contribution in [2.24, 2.45) is 5.92 Å². The van der Waals surface area contributed by atoms with Gasteiger partial charge in [0.05, 0.1) is 0 Å². The van der Waals surface area contributed by atoms with Crippen LogP contribution in [0.15, 0.2) is 17.5 Å². The third-order valence-corrected chi connectivity index (χ3v) is 4.05. The van der Waals surface area contributed by atoms with Crippen LogP contribution in [0.3, 0.4) is 0 Å². The fourth-order valence-electron chi connectivity index (χ4n) is 1.44. The van der Waals surface area contributed by atoms with Crippen LogP contribution in [0.25, 0.3) is 0 Å². The first-order valence-corrected chi connectivity index (χ1v) is 6.36. The summed E-state index contributed by atoms with van der Waals surface area (Å²) in [6.07, 6.45) is 0. The van der Waals surface area contributed by atoms with Crippen molar-refractivity contribution in [3.8, 4) is 0 Å². The molecule has 0 aliphatic carbocycles. The molecule has 1 aromatic rings. The fraction of sp³-hybridized carbons (Fsp3) is 0.636. The van der Waals surface area contributed by atoms with Crippen LogP contribution >= 0.6 is 22.9 Å². The molecular formula is C11H18ClNS. The quantitative estimate of drug-likeness (QED) is 0.700. The Bertz CT molecular complexity index is 248. The molecule has 1 nitrogen and oxygen atoms in total. The molecule has 0 aromatic carbocycles. The summed E-state index contributed by atoms with van der Waals surface area (Å²) in [7, 11) is 2.16. The predicted molar refractivity (Wildman–Crippen MR) is 65.2 cm³/mol. The van der Waals surface area contributed by atoms with E-state index in [0.29, 0.717) is 12.0 Å². The average Bonchev–Trinajstić information content (AvgIpc) is 2.69. The lowest BCUT2D eigenvalue weighted by molar-refractivity contribution is 0.237. The maximum atomic E-state index is 5.80. The highest BCUT2D eigenvalue weighted by Gasteiger charge is 2.14. The van der Waals surface area contributed by atoms with Crippen molar-refractivity contribution >= 4 is 22.9 Å². The number of thiophene rings is 1. The highest BCUT2D eigenvalue weighted by molar-refractivity contribution is 7.10. The summed E-state index contributed by atoms with van der Waals surface area (Å²) in [5.74, 6) is 1.30. The fourth-order valence-corrected chi connectivity index (χ4v) is 2.39. The molecule has 0 amide bonds. The van der Waals surface area contributed by atoms with Gasteiger partial charge in [-0.15, -0.1) is 22.9 Å². The maximum absolute atomic E-state index is 5.80. The summed E-state index contributed by atoms with van der Waals surface area (Å²) in [5, 5.41) is 2.13. The van der Waals surface area contributed by atoms with Gasteiger partial charge in [-0.25, -0.2) is 0 Å². The number of halogens is 1. The van der Waals surface area contributed by atoms with Crippen LogP contribution in [0.4, 0.5) is 0 Å². The van der Waals surface area contributed by atoms with Crippen molar-refractivity contribution in [3.63, 3.8) is 0 Å². The van der Waals surface area contributed by atoms with Gasteiger partial charge < -0.3 is 0 Å². The van der Waals surface area contributed by atoms with E-state index in [1.165, 1.54) is 4.88 Å². The predicted octanol–water partition coefficient (Wildman–Crippen LogP) is 3.62. The molecule has 3 heteroatoms. The summed E-state index contributed by atoms with van der Waals surface area (Å²) in [4.78, 5) is 3.79. The Hall–Kier alpha value is -0.0500. The minimum Gasteiger partial charge on any atom is -0.299 e. The Morgan fingerprint density at radius 2 is 2.21 bits per heavy atom.